The number of rotatable bonds is 16. The van der Waals surface area contributed by atoms with Crippen LogP contribution in [0, 0.1) is 0 Å². The average Bonchev–Trinajstić information content (AvgIpc) is 2.47. The van der Waals surface area contributed by atoms with Gasteiger partial charge in [0.05, 0.1) is 12.7 Å². The minimum atomic E-state index is 0.229. The number of methoxy groups -OCH3 is 1. The van der Waals surface area contributed by atoms with Crippen molar-refractivity contribution in [3.63, 3.8) is 0 Å². The average molecular weight is 286 g/mol. The van der Waals surface area contributed by atoms with Crippen molar-refractivity contribution in [2.45, 2.75) is 97.0 Å². The second-order valence-corrected chi connectivity index (χ2v) is 6.01. The minimum Gasteiger partial charge on any atom is -0.379 e. The van der Waals surface area contributed by atoms with E-state index in [0.29, 0.717) is 0 Å². The summed E-state index contributed by atoms with van der Waals surface area (Å²) in [6.45, 7) is 5.95. The molecule has 122 valence electrons. The summed E-state index contributed by atoms with van der Waals surface area (Å²) in [6.07, 6.45) is 17.0. The topological polar surface area (TPSA) is 18.5 Å². The standard InChI is InChI=1S/C18H38O2/c1-4-5-6-7-8-9-10-11-12-13-14-15-16-20-17-18(2)19-3/h18H,4-17H2,1-3H3. The van der Waals surface area contributed by atoms with Gasteiger partial charge in [-0.25, -0.2) is 0 Å². The van der Waals surface area contributed by atoms with E-state index in [0.717, 1.165) is 13.2 Å². The van der Waals surface area contributed by atoms with Crippen molar-refractivity contribution in [2.75, 3.05) is 20.3 Å². The maximum absolute atomic E-state index is 5.55. The first-order valence-electron chi connectivity index (χ1n) is 8.91. The molecule has 0 heterocycles. The van der Waals surface area contributed by atoms with Crippen molar-refractivity contribution in [1.82, 2.24) is 0 Å². The molecule has 0 spiro atoms. The molecule has 0 bridgehead atoms. The molecular formula is C18H38O2. The summed E-state index contributed by atoms with van der Waals surface area (Å²) in [7, 11) is 1.73. The molecule has 0 fully saturated rings. The van der Waals surface area contributed by atoms with Crippen LogP contribution >= 0.6 is 0 Å². The SMILES string of the molecule is CCCCCCCCCCCCCCOCC(C)OC. The second kappa shape index (κ2) is 17.0. The Morgan fingerprint density at radius 3 is 1.60 bits per heavy atom. The number of unbranched alkanes of at least 4 members (excludes halogenated alkanes) is 11. The highest BCUT2D eigenvalue weighted by molar-refractivity contribution is 4.49. The molecule has 2 nitrogen and oxygen atoms in total. The Labute approximate surface area is 127 Å². The van der Waals surface area contributed by atoms with Crippen LogP contribution in [-0.4, -0.2) is 26.4 Å². The van der Waals surface area contributed by atoms with Crippen LogP contribution in [0.2, 0.25) is 0 Å². The van der Waals surface area contributed by atoms with Gasteiger partial charge in [0.15, 0.2) is 0 Å². The molecule has 0 aromatic heterocycles. The summed E-state index contributed by atoms with van der Waals surface area (Å²) in [5.74, 6) is 0. The smallest absolute Gasteiger partial charge is 0.0776 e. The monoisotopic (exact) mass is 286 g/mol. The predicted octanol–water partition coefficient (Wildman–Crippen LogP) is 5.74. The third kappa shape index (κ3) is 16.0. The summed E-state index contributed by atoms with van der Waals surface area (Å²) < 4.78 is 10.7. The lowest BCUT2D eigenvalue weighted by Crippen LogP contribution is -2.14. The molecule has 1 atom stereocenters. The quantitative estimate of drug-likeness (QED) is 0.337. The molecule has 1 unspecified atom stereocenters. The van der Waals surface area contributed by atoms with E-state index in [-0.39, 0.29) is 6.10 Å². The minimum absolute atomic E-state index is 0.229. The van der Waals surface area contributed by atoms with E-state index in [1.54, 1.807) is 7.11 Å². The highest BCUT2D eigenvalue weighted by atomic mass is 16.5. The lowest BCUT2D eigenvalue weighted by Gasteiger charge is -2.09. The second-order valence-electron chi connectivity index (χ2n) is 6.01. The lowest BCUT2D eigenvalue weighted by atomic mass is 10.1. The third-order valence-corrected chi connectivity index (χ3v) is 3.90. The van der Waals surface area contributed by atoms with Gasteiger partial charge in [0.2, 0.25) is 0 Å². The van der Waals surface area contributed by atoms with Gasteiger partial charge >= 0.3 is 0 Å². The molecule has 2 heteroatoms. The summed E-state index contributed by atoms with van der Waals surface area (Å²) in [4.78, 5) is 0. The van der Waals surface area contributed by atoms with Gasteiger partial charge in [0, 0.05) is 13.7 Å². The van der Waals surface area contributed by atoms with Gasteiger partial charge in [-0.15, -0.1) is 0 Å². The Kier molecular flexibility index (Phi) is 16.9. The zero-order valence-electron chi connectivity index (χ0n) is 14.3. The molecule has 0 radical (unpaired) electrons. The van der Waals surface area contributed by atoms with Crippen LogP contribution in [0.1, 0.15) is 90.9 Å². The van der Waals surface area contributed by atoms with E-state index in [4.69, 9.17) is 9.47 Å². The largest absolute Gasteiger partial charge is 0.379 e. The Bertz CT molecular complexity index is 171. The number of ether oxygens (including phenoxy) is 2. The first kappa shape index (κ1) is 19.9. The van der Waals surface area contributed by atoms with Crippen molar-refractivity contribution in [1.29, 1.82) is 0 Å². The van der Waals surface area contributed by atoms with Crippen molar-refractivity contribution in [3.8, 4) is 0 Å². The Hall–Kier alpha value is -0.0800. The van der Waals surface area contributed by atoms with Gasteiger partial charge in [0.25, 0.3) is 0 Å². The first-order valence-corrected chi connectivity index (χ1v) is 8.91. The van der Waals surface area contributed by atoms with Crippen LogP contribution in [0.4, 0.5) is 0 Å². The maximum atomic E-state index is 5.55. The fraction of sp³-hybridized carbons (Fsp3) is 1.00. The van der Waals surface area contributed by atoms with E-state index in [9.17, 15) is 0 Å². The van der Waals surface area contributed by atoms with Crippen molar-refractivity contribution < 1.29 is 9.47 Å². The van der Waals surface area contributed by atoms with Crippen molar-refractivity contribution >= 4 is 0 Å². The molecule has 0 amide bonds. The zero-order chi connectivity index (χ0) is 14.9. The first-order chi connectivity index (χ1) is 9.81. The number of hydrogen-bond acceptors (Lipinski definition) is 2. The van der Waals surface area contributed by atoms with Gasteiger partial charge in [-0.3, -0.25) is 0 Å². The normalized spacial score (nSPS) is 12.8. The highest BCUT2D eigenvalue weighted by Gasteiger charge is 1.98. The van der Waals surface area contributed by atoms with Gasteiger partial charge in [-0.05, 0) is 13.3 Å². The lowest BCUT2D eigenvalue weighted by molar-refractivity contribution is 0.0174. The summed E-state index contributed by atoms with van der Waals surface area (Å²) in [5, 5.41) is 0. The van der Waals surface area contributed by atoms with Gasteiger partial charge < -0.3 is 9.47 Å². The van der Waals surface area contributed by atoms with E-state index in [1.807, 2.05) is 6.92 Å². The van der Waals surface area contributed by atoms with Gasteiger partial charge in [-0.1, -0.05) is 77.6 Å². The molecule has 0 aliphatic carbocycles. The molecule has 0 aliphatic heterocycles. The summed E-state index contributed by atoms with van der Waals surface area (Å²) in [6, 6.07) is 0. The van der Waals surface area contributed by atoms with Crippen LogP contribution in [0.3, 0.4) is 0 Å². The van der Waals surface area contributed by atoms with Gasteiger partial charge in [-0.2, -0.15) is 0 Å². The fourth-order valence-corrected chi connectivity index (χ4v) is 2.36. The van der Waals surface area contributed by atoms with Crippen LogP contribution in [0.15, 0.2) is 0 Å². The molecule has 0 saturated carbocycles. The molecule has 0 aliphatic rings. The van der Waals surface area contributed by atoms with Crippen LogP contribution < -0.4 is 0 Å². The predicted molar refractivity (Wildman–Crippen MR) is 88.4 cm³/mol. The molecule has 20 heavy (non-hydrogen) atoms. The molecule has 0 saturated heterocycles. The van der Waals surface area contributed by atoms with E-state index in [1.165, 1.54) is 77.0 Å². The van der Waals surface area contributed by atoms with Crippen LogP contribution in [0.25, 0.3) is 0 Å². The number of hydrogen-bond donors (Lipinski definition) is 0. The molecular weight excluding hydrogens is 248 g/mol. The molecule has 0 N–H and O–H groups in total. The zero-order valence-corrected chi connectivity index (χ0v) is 14.3. The summed E-state index contributed by atoms with van der Waals surface area (Å²) >= 11 is 0. The molecule has 0 aromatic carbocycles. The Morgan fingerprint density at radius 2 is 1.15 bits per heavy atom. The van der Waals surface area contributed by atoms with E-state index >= 15 is 0 Å². The molecule has 0 aromatic rings. The molecule has 0 rings (SSSR count). The van der Waals surface area contributed by atoms with Gasteiger partial charge in [0.1, 0.15) is 0 Å². The highest BCUT2D eigenvalue weighted by Crippen LogP contribution is 2.11. The van der Waals surface area contributed by atoms with Crippen LogP contribution in [-0.2, 0) is 9.47 Å². The van der Waals surface area contributed by atoms with Crippen molar-refractivity contribution in [2.24, 2.45) is 0 Å². The third-order valence-electron chi connectivity index (χ3n) is 3.90. The van der Waals surface area contributed by atoms with Crippen molar-refractivity contribution in [3.05, 3.63) is 0 Å². The van der Waals surface area contributed by atoms with Crippen LogP contribution in [0.5, 0.6) is 0 Å². The van der Waals surface area contributed by atoms with E-state index < -0.39 is 0 Å². The fourth-order valence-electron chi connectivity index (χ4n) is 2.36. The summed E-state index contributed by atoms with van der Waals surface area (Å²) in [5.41, 5.74) is 0. The van der Waals surface area contributed by atoms with E-state index in [2.05, 4.69) is 6.92 Å². The Balaban J connectivity index is 2.96. The maximum Gasteiger partial charge on any atom is 0.0776 e. The Morgan fingerprint density at radius 1 is 0.700 bits per heavy atom.